The van der Waals surface area contributed by atoms with Crippen molar-refractivity contribution in [3.05, 3.63) is 33.9 Å². The van der Waals surface area contributed by atoms with Gasteiger partial charge in [-0.25, -0.2) is 5.53 Å². The number of non-ortho nitro benzene ring substituents is 1. The molecule has 13 heavy (non-hydrogen) atoms. The fraction of sp³-hybridized carbons (Fsp3) is 0. The normalized spacial score (nSPS) is 8.85. The molecule has 0 aliphatic rings. The number of hydrogen-bond acceptors (Lipinski definition) is 5. The summed E-state index contributed by atoms with van der Waals surface area (Å²) >= 11 is 0. The Morgan fingerprint density at radius 3 is 2.77 bits per heavy atom. The van der Waals surface area contributed by atoms with Gasteiger partial charge in [-0.1, -0.05) is 0 Å². The Kier molecular flexibility index (Phi) is 2.31. The Labute approximate surface area is 73.1 Å². The second-order valence-electron chi connectivity index (χ2n) is 2.18. The van der Waals surface area contributed by atoms with Crippen LogP contribution >= 0.6 is 0 Å². The molecule has 0 bridgehead atoms. The number of rotatable bonds is 2. The number of nitro groups is 1. The van der Waals surface area contributed by atoms with E-state index >= 15 is 0 Å². The lowest BCUT2D eigenvalue weighted by Crippen LogP contribution is -1.88. The molecule has 1 aromatic carbocycles. The lowest BCUT2D eigenvalue weighted by molar-refractivity contribution is -0.384. The van der Waals surface area contributed by atoms with Gasteiger partial charge in [0.15, 0.2) is 0 Å². The smallest absolute Gasteiger partial charge is 0.258 e. The van der Waals surface area contributed by atoms with Gasteiger partial charge in [-0.15, -0.1) is 0 Å². The SMILES string of the molecule is N#Cc1cc([N+](=O)[O-])ccc1N=N. The van der Waals surface area contributed by atoms with Gasteiger partial charge in [0.25, 0.3) is 5.69 Å². The van der Waals surface area contributed by atoms with Gasteiger partial charge in [-0.05, 0) is 6.07 Å². The molecule has 0 spiro atoms. The Hall–Kier alpha value is -2.29. The second-order valence-corrected chi connectivity index (χ2v) is 2.18. The van der Waals surface area contributed by atoms with E-state index in [9.17, 15) is 10.1 Å². The van der Waals surface area contributed by atoms with E-state index in [4.69, 9.17) is 10.8 Å². The zero-order valence-corrected chi connectivity index (χ0v) is 6.39. The lowest BCUT2D eigenvalue weighted by atomic mass is 10.2. The van der Waals surface area contributed by atoms with Crippen molar-refractivity contribution in [2.75, 3.05) is 0 Å². The first kappa shape index (κ1) is 8.80. The highest BCUT2D eigenvalue weighted by atomic mass is 16.6. The minimum atomic E-state index is -0.603. The zero-order chi connectivity index (χ0) is 9.84. The summed E-state index contributed by atoms with van der Waals surface area (Å²) in [6.45, 7) is 0. The second kappa shape index (κ2) is 3.40. The van der Waals surface area contributed by atoms with Gasteiger partial charge >= 0.3 is 0 Å². The van der Waals surface area contributed by atoms with Crippen LogP contribution in [0, 0.1) is 27.0 Å². The molecule has 0 radical (unpaired) electrons. The van der Waals surface area contributed by atoms with Gasteiger partial charge in [0, 0.05) is 12.1 Å². The molecule has 64 valence electrons. The maximum absolute atomic E-state index is 10.3. The van der Waals surface area contributed by atoms with Gasteiger partial charge in [0.1, 0.15) is 11.8 Å². The fourth-order valence-corrected chi connectivity index (χ4v) is 0.825. The van der Waals surface area contributed by atoms with Crippen LogP contribution in [0.4, 0.5) is 11.4 Å². The van der Waals surface area contributed by atoms with Gasteiger partial charge in [-0.2, -0.15) is 10.4 Å². The summed E-state index contributed by atoms with van der Waals surface area (Å²) in [7, 11) is 0. The molecule has 0 fully saturated rings. The number of nitrogens with zero attached hydrogens (tertiary/aromatic N) is 3. The van der Waals surface area contributed by atoms with Crippen LogP contribution in [0.3, 0.4) is 0 Å². The van der Waals surface area contributed by atoms with E-state index in [1.54, 1.807) is 6.07 Å². The molecule has 6 nitrogen and oxygen atoms in total. The summed E-state index contributed by atoms with van der Waals surface area (Å²) in [5.41, 5.74) is 6.66. The predicted octanol–water partition coefficient (Wildman–Crippen LogP) is 2.13. The number of hydrogen-bond donors (Lipinski definition) is 1. The van der Waals surface area contributed by atoms with E-state index in [1.165, 1.54) is 12.1 Å². The summed E-state index contributed by atoms with van der Waals surface area (Å²) in [5, 5.41) is 21.9. The molecule has 6 heteroatoms. The van der Waals surface area contributed by atoms with Crippen molar-refractivity contribution in [3.8, 4) is 6.07 Å². The molecule has 0 unspecified atom stereocenters. The van der Waals surface area contributed by atoms with Crippen LogP contribution in [0.5, 0.6) is 0 Å². The number of nitrogens with one attached hydrogen (secondary N) is 1. The Balaban J connectivity index is 3.31. The standard InChI is InChI=1S/C7H4N4O2/c8-4-5-3-6(11(12)13)1-2-7(5)10-9/h1-3,9H. The van der Waals surface area contributed by atoms with Crippen LogP contribution in [0.1, 0.15) is 5.56 Å². The molecule has 1 rings (SSSR count). The first-order valence-corrected chi connectivity index (χ1v) is 3.25. The monoisotopic (exact) mass is 176 g/mol. The molecule has 0 aliphatic heterocycles. The largest absolute Gasteiger partial charge is 0.270 e. The average Bonchev–Trinajstić information content (AvgIpc) is 2.16. The summed E-state index contributed by atoms with van der Waals surface area (Å²) in [5.74, 6) is 0. The molecule has 0 heterocycles. The third-order valence-electron chi connectivity index (χ3n) is 1.43. The van der Waals surface area contributed by atoms with Crippen molar-refractivity contribution < 1.29 is 4.92 Å². The molecule has 0 amide bonds. The van der Waals surface area contributed by atoms with Crippen LogP contribution in [-0.2, 0) is 0 Å². The van der Waals surface area contributed by atoms with E-state index in [0.717, 1.165) is 6.07 Å². The van der Waals surface area contributed by atoms with Crippen LogP contribution < -0.4 is 0 Å². The fourth-order valence-electron chi connectivity index (χ4n) is 0.825. The molecule has 0 atom stereocenters. The molecule has 1 N–H and O–H groups in total. The Morgan fingerprint density at radius 1 is 1.62 bits per heavy atom. The molecule has 0 aliphatic carbocycles. The summed E-state index contributed by atoms with van der Waals surface area (Å²) in [4.78, 5) is 9.68. The molecular formula is C7H4N4O2. The average molecular weight is 176 g/mol. The molecule has 1 aromatic rings. The molecule has 0 aromatic heterocycles. The summed E-state index contributed by atoms with van der Waals surface area (Å²) < 4.78 is 0. The maximum Gasteiger partial charge on any atom is 0.270 e. The highest BCUT2D eigenvalue weighted by Crippen LogP contribution is 2.23. The van der Waals surface area contributed by atoms with Crippen molar-refractivity contribution in [1.29, 1.82) is 10.8 Å². The van der Waals surface area contributed by atoms with Crippen LogP contribution in [0.2, 0.25) is 0 Å². The van der Waals surface area contributed by atoms with Crippen molar-refractivity contribution in [1.82, 2.24) is 0 Å². The van der Waals surface area contributed by atoms with Crippen molar-refractivity contribution in [3.63, 3.8) is 0 Å². The number of nitriles is 1. The third-order valence-corrected chi connectivity index (χ3v) is 1.43. The number of nitro benzene ring substituents is 1. The molecule has 0 saturated carbocycles. The van der Waals surface area contributed by atoms with Crippen molar-refractivity contribution in [2.45, 2.75) is 0 Å². The highest BCUT2D eigenvalue weighted by Gasteiger charge is 2.09. The van der Waals surface area contributed by atoms with Crippen LogP contribution in [0.15, 0.2) is 23.3 Å². The molecular weight excluding hydrogens is 172 g/mol. The third kappa shape index (κ3) is 1.65. The van der Waals surface area contributed by atoms with Crippen molar-refractivity contribution >= 4 is 11.4 Å². The Morgan fingerprint density at radius 2 is 2.31 bits per heavy atom. The zero-order valence-electron chi connectivity index (χ0n) is 6.39. The lowest BCUT2D eigenvalue weighted by Gasteiger charge is -1.94. The predicted molar refractivity (Wildman–Crippen MR) is 42.6 cm³/mol. The Bertz CT molecular complexity index is 407. The van der Waals surface area contributed by atoms with Gasteiger partial charge in [0.2, 0.25) is 0 Å². The summed E-state index contributed by atoms with van der Waals surface area (Å²) in [6, 6.07) is 5.28. The van der Waals surface area contributed by atoms with E-state index in [0.29, 0.717) is 0 Å². The topological polar surface area (TPSA) is 103 Å². The first-order chi connectivity index (χ1) is 6.19. The highest BCUT2D eigenvalue weighted by molar-refractivity contribution is 5.57. The summed E-state index contributed by atoms with van der Waals surface area (Å²) in [6.07, 6.45) is 0. The van der Waals surface area contributed by atoms with Gasteiger partial charge in [0.05, 0.1) is 10.5 Å². The van der Waals surface area contributed by atoms with Crippen LogP contribution in [-0.4, -0.2) is 4.92 Å². The minimum Gasteiger partial charge on any atom is -0.258 e. The quantitative estimate of drug-likeness (QED) is 0.424. The van der Waals surface area contributed by atoms with E-state index in [2.05, 4.69) is 5.11 Å². The van der Waals surface area contributed by atoms with Crippen molar-refractivity contribution in [2.24, 2.45) is 5.11 Å². The van der Waals surface area contributed by atoms with E-state index in [-0.39, 0.29) is 16.9 Å². The van der Waals surface area contributed by atoms with Crippen LogP contribution in [0.25, 0.3) is 0 Å². The van der Waals surface area contributed by atoms with Gasteiger partial charge in [-0.3, -0.25) is 10.1 Å². The molecule has 0 saturated heterocycles. The number of benzene rings is 1. The van der Waals surface area contributed by atoms with Gasteiger partial charge < -0.3 is 0 Å². The van der Waals surface area contributed by atoms with E-state index in [1.807, 2.05) is 0 Å². The van der Waals surface area contributed by atoms with E-state index < -0.39 is 4.92 Å². The first-order valence-electron chi connectivity index (χ1n) is 3.25. The minimum absolute atomic E-state index is 0.0317. The maximum atomic E-state index is 10.3.